The van der Waals surface area contributed by atoms with E-state index in [2.05, 4.69) is 15.8 Å². The Hall–Kier alpha value is -4.59. The Labute approximate surface area is 191 Å². The molecule has 0 aliphatic heterocycles. The van der Waals surface area contributed by atoms with Crippen molar-refractivity contribution in [2.75, 3.05) is 14.2 Å². The zero-order valence-corrected chi connectivity index (χ0v) is 18.1. The highest BCUT2D eigenvalue weighted by molar-refractivity contribution is 6.05. The largest absolute Gasteiger partial charge is 0.508 e. The van der Waals surface area contributed by atoms with E-state index in [1.54, 1.807) is 60.7 Å². The molecule has 33 heavy (non-hydrogen) atoms. The molecule has 0 radical (unpaired) electrons. The number of carbonyl (C=O) groups is 2. The molecule has 0 aromatic heterocycles. The first-order valence-corrected chi connectivity index (χ1v) is 9.92. The molecular weight excluding hydrogens is 422 g/mol. The van der Waals surface area contributed by atoms with Gasteiger partial charge in [0.2, 0.25) is 0 Å². The first kappa shape index (κ1) is 23.1. The molecule has 0 unspecified atom stereocenters. The Morgan fingerprint density at radius 1 is 0.879 bits per heavy atom. The van der Waals surface area contributed by atoms with Crippen molar-refractivity contribution in [2.45, 2.75) is 0 Å². The molecule has 0 heterocycles. The lowest BCUT2D eigenvalue weighted by molar-refractivity contribution is -0.117. The standard InChI is InChI=1S/C25H23N3O5/c1-32-22-12-11-17(15-23(22)33-2)14-21(27-24(30)19-8-4-3-5-9-19)25(31)28-26-16-18-7-6-10-20(29)13-18/h3-16,29H,1-2H3,(H,27,30)(H,28,31)/b21-14-,26-16-. The molecule has 8 heteroatoms. The van der Waals surface area contributed by atoms with Gasteiger partial charge >= 0.3 is 0 Å². The maximum atomic E-state index is 12.8. The first-order chi connectivity index (χ1) is 16.0. The Morgan fingerprint density at radius 2 is 1.64 bits per heavy atom. The maximum Gasteiger partial charge on any atom is 0.287 e. The molecule has 2 amide bonds. The van der Waals surface area contributed by atoms with Crippen molar-refractivity contribution in [1.29, 1.82) is 0 Å². The van der Waals surface area contributed by atoms with Gasteiger partial charge in [0.25, 0.3) is 11.8 Å². The zero-order valence-electron chi connectivity index (χ0n) is 18.1. The van der Waals surface area contributed by atoms with E-state index in [1.807, 2.05) is 0 Å². The van der Waals surface area contributed by atoms with Crippen molar-refractivity contribution < 1.29 is 24.2 Å². The number of ether oxygens (including phenoxy) is 2. The number of nitrogens with one attached hydrogen (secondary N) is 2. The Kier molecular flexibility index (Phi) is 7.80. The Morgan fingerprint density at radius 3 is 2.33 bits per heavy atom. The molecule has 0 atom stereocenters. The van der Waals surface area contributed by atoms with Crippen LogP contribution in [0, 0.1) is 0 Å². The van der Waals surface area contributed by atoms with Gasteiger partial charge < -0.3 is 19.9 Å². The molecule has 8 nitrogen and oxygen atoms in total. The summed E-state index contributed by atoms with van der Waals surface area (Å²) in [4.78, 5) is 25.5. The molecule has 3 aromatic rings. The molecule has 3 aromatic carbocycles. The molecule has 3 rings (SSSR count). The number of hydrazone groups is 1. The molecule has 0 fully saturated rings. The van der Waals surface area contributed by atoms with Gasteiger partial charge in [0.1, 0.15) is 11.4 Å². The summed E-state index contributed by atoms with van der Waals surface area (Å²) in [6, 6.07) is 20.0. The van der Waals surface area contributed by atoms with Crippen LogP contribution < -0.4 is 20.2 Å². The van der Waals surface area contributed by atoms with Gasteiger partial charge in [-0.3, -0.25) is 9.59 Å². The summed E-state index contributed by atoms with van der Waals surface area (Å²) < 4.78 is 10.5. The predicted molar refractivity (Wildman–Crippen MR) is 125 cm³/mol. The fraction of sp³-hybridized carbons (Fsp3) is 0.0800. The highest BCUT2D eigenvalue weighted by Gasteiger charge is 2.15. The minimum atomic E-state index is -0.634. The summed E-state index contributed by atoms with van der Waals surface area (Å²) in [6.45, 7) is 0. The van der Waals surface area contributed by atoms with E-state index >= 15 is 0 Å². The molecular formula is C25H23N3O5. The van der Waals surface area contributed by atoms with Gasteiger partial charge in [-0.05, 0) is 53.6 Å². The molecule has 0 aliphatic rings. The van der Waals surface area contributed by atoms with Crippen molar-refractivity contribution in [1.82, 2.24) is 10.7 Å². The third-order valence-corrected chi connectivity index (χ3v) is 4.50. The number of hydrogen-bond donors (Lipinski definition) is 3. The second-order valence-electron chi connectivity index (χ2n) is 6.79. The smallest absolute Gasteiger partial charge is 0.287 e. The summed E-state index contributed by atoms with van der Waals surface area (Å²) in [5, 5.41) is 16.1. The second-order valence-corrected chi connectivity index (χ2v) is 6.79. The van der Waals surface area contributed by atoms with Crippen molar-refractivity contribution in [3.05, 3.63) is 95.2 Å². The number of methoxy groups -OCH3 is 2. The number of nitrogens with zero attached hydrogens (tertiary/aromatic N) is 1. The normalized spacial score (nSPS) is 11.2. The third kappa shape index (κ3) is 6.44. The van der Waals surface area contributed by atoms with E-state index in [1.165, 1.54) is 38.6 Å². The van der Waals surface area contributed by atoms with Crippen LogP contribution in [0.15, 0.2) is 83.6 Å². The van der Waals surface area contributed by atoms with Crippen molar-refractivity contribution in [2.24, 2.45) is 5.10 Å². The van der Waals surface area contributed by atoms with Gasteiger partial charge in [0.05, 0.1) is 20.4 Å². The number of amides is 2. The minimum absolute atomic E-state index is 0.0240. The van der Waals surface area contributed by atoms with E-state index in [9.17, 15) is 14.7 Å². The number of rotatable bonds is 8. The fourth-order valence-electron chi connectivity index (χ4n) is 2.88. The summed E-state index contributed by atoms with van der Waals surface area (Å²) in [7, 11) is 3.03. The van der Waals surface area contributed by atoms with E-state index < -0.39 is 11.8 Å². The monoisotopic (exact) mass is 445 g/mol. The highest BCUT2D eigenvalue weighted by Crippen LogP contribution is 2.28. The lowest BCUT2D eigenvalue weighted by Crippen LogP contribution is -2.32. The van der Waals surface area contributed by atoms with Gasteiger partial charge in [-0.1, -0.05) is 36.4 Å². The Bertz CT molecular complexity index is 1190. The fourth-order valence-corrected chi connectivity index (χ4v) is 2.88. The third-order valence-electron chi connectivity index (χ3n) is 4.50. The van der Waals surface area contributed by atoms with Gasteiger partial charge in [-0.15, -0.1) is 0 Å². The average molecular weight is 445 g/mol. The van der Waals surface area contributed by atoms with E-state index in [4.69, 9.17) is 9.47 Å². The number of hydrogen-bond acceptors (Lipinski definition) is 6. The molecule has 0 saturated heterocycles. The topological polar surface area (TPSA) is 109 Å². The van der Waals surface area contributed by atoms with E-state index in [0.717, 1.165) is 0 Å². The van der Waals surface area contributed by atoms with E-state index in [0.29, 0.717) is 28.2 Å². The van der Waals surface area contributed by atoms with Crippen LogP contribution in [0.25, 0.3) is 6.08 Å². The van der Waals surface area contributed by atoms with Crippen LogP contribution in [-0.2, 0) is 4.79 Å². The zero-order chi connectivity index (χ0) is 23.6. The minimum Gasteiger partial charge on any atom is -0.508 e. The van der Waals surface area contributed by atoms with Crippen molar-refractivity contribution in [3.63, 3.8) is 0 Å². The van der Waals surface area contributed by atoms with Crippen LogP contribution in [-0.4, -0.2) is 37.4 Å². The van der Waals surface area contributed by atoms with E-state index in [-0.39, 0.29) is 11.4 Å². The molecule has 0 bridgehead atoms. The molecule has 168 valence electrons. The van der Waals surface area contributed by atoms with Crippen LogP contribution in [0.5, 0.6) is 17.2 Å². The highest BCUT2D eigenvalue weighted by atomic mass is 16.5. The summed E-state index contributed by atoms with van der Waals surface area (Å²) in [5.41, 5.74) is 3.95. The van der Waals surface area contributed by atoms with Crippen molar-refractivity contribution in [3.8, 4) is 17.2 Å². The van der Waals surface area contributed by atoms with Crippen LogP contribution in [0.2, 0.25) is 0 Å². The number of carbonyl (C=O) groups excluding carboxylic acids is 2. The quantitative estimate of drug-likeness (QED) is 0.280. The van der Waals surface area contributed by atoms with Crippen molar-refractivity contribution >= 4 is 24.1 Å². The SMILES string of the molecule is COc1ccc(/C=C(\NC(=O)c2ccccc2)C(=O)N/N=C\c2cccc(O)c2)cc1OC. The van der Waals surface area contributed by atoms with Crippen LogP contribution in [0.4, 0.5) is 0 Å². The maximum absolute atomic E-state index is 12.8. The molecule has 0 spiro atoms. The van der Waals surface area contributed by atoms with Gasteiger partial charge in [-0.2, -0.15) is 5.10 Å². The summed E-state index contributed by atoms with van der Waals surface area (Å²) in [6.07, 6.45) is 2.88. The predicted octanol–water partition coefficient (Wildman–Crippen LogP) is 3.33. The molecule has 0 aliphatic carbocycles. The average Bonchev–Trinajstić information content (AvgIpc) is 2.84. The number of aromatic hydroxyl groups is 1. The van der Waals surface area contributed by atoms with Gasteiger partial charge in [0, 0.05) is 5.56 Å². The number of phenolic OH excluding ortho intramolecular Hbond substituents is 1. The Balaban J connectivity index is 1.86. The molecule has 0 saturated carbocycles. The lowest BCUT2D eigenvalue weighted by Gasteiger charge is -2.11. The van der Waals surface area contributed by atoms with Crippen LogP contribution in [0.1, 0.15) is 21.5 Å². The second kappa shape index (κ2) is 11.1. The first-order valence-electron chi connectivity index (χ1n) is 9.92. The lowest BCUT2D eigenvalue weighted by atomic mass is 10.1. The van der Waals surface area contributed by atoms with Crippen LogP contribution >= 0.6 is 0 Å². The number of phenols is 1. The molecule has 3 N–H and O–H groups in total. The van der Waals surface area contributed by atoms with Gasteiger partial charge in [0.15, 0.2) is 11.5 Å². The summed E-state index contributed by atoms with van der Waals surface area (Å²) >= 11 is 0. The van der Waals surface area contributed by atoms with Crippen LogP contribution in [0.3, 0.4) is 0 Å². The summed E-state index contributed by atoms with van der Waals surface area (Å²) in [5.74, 6) is 0.00123. The number of benzene rings is 3. The van der Waals surface area contributed by atoms with Gasteiger partial charge in [-0.25, -0.2) is 5.43 Å².